The maximum absolute atomic E-state index is 12.4. The summed E-state index contributed by atoms with van der Waals surface area (Å²) in [5.74, 6) is 1.09. The van der Waals surface area contributed by atoms with Gasteiger partial charge >= 0.3 is 0 Å². The average Bonchev–Trinajstić information content (AvgIpc) is 3.21. The molecule has 4 rings (SSSR count). The zero-order chi connectivity index (χ0) is 15.8. The molecule has 2 heterocycles. The van der Waals surface area contributed by atoms with Gasteiger partial charge in [-0.3, -0.25) is 9.36 Å². The molecule has 1 aromatic heterocycles. The zero-order valence-corrected chi connectivity index (χ0v) is 13.2. The standard InChI is InChI=1S/C19H19N3O/c1-14-20-17-6-2-3-7-18(17)22(14)16-10-8-15(9-11-16)19(23)21-12-4-5-13-21/h2-3,6-11H,4-5,12-13H2,1H3. The van der Waals surface area contributed by atoms with Crippen molar-refractivity contribution in [2.45, 2.75) is 19.8 Å². The van der Waals surface area contributed by atoms with Gasteiger partial charge in [-0.05, 0) is 56.2 Å². The lowest BCUT2D eigenvalue weighted by Gasteiger charge is -2.15. The molecule has 2 aromatic carbocycles. The zero-order valence-electron chi connectivity index (χ0n) is 13.2. The van der Waals surface area contributed by atoms with Crippen LogP contribution in [0.3, 0.4) is 0 Å². The molecule has 3 aromatic rings. The fraction of sp³-hybridized carbons (Fsp3) is 0.263. The van der Waals surface area contributed by atoms with E-state index in [9.17, 15) is 4.79 Å². The predicted molar refractivity (Wildman–Crippen MR) is 90.9 cm³/mol. The second-order valence-corrected chi connectivity index (χ2v) is 6.03. The molecule has 1 aliphatic heterocycles. The average molecular weight is 305 g/mol. The Bertz CT molecular complexity index is 858. The van der Waals surface area contributed by atoms with E-state index in [-0.39, 0.29) is 5.91 Å². The van der Waals surface area contributed by atoms with Gasteiger partial charge in [-0.1, -0.05) is 12.1 Å². The van der Waals surface area contributed by atoms with E-state index in [1.807, 2.05) is 54.3 Å². The van der Waals surface area contributed by atoms with Crippen molar-refractivity contribution in [1.29, 1.82) is 0 Å². The number of likely N-dealkylation sites (tertiary alicyclic amines) is 1. The molecule has 0 unspecified atom stereocenters. The van der Waals surface area contributed by atoms with Crippen LogP contribution >= 0.6 is 0 Å². The molecule has 0 N–H and O–H groups in total. The topological polar surface area (TPSA) is 38.1 Å². The summed E-state index contributed by atoms with van der Waals surface area (Å²) >= 11 is 0. The first kappa shape index (κ1) is 14.0. The van der Waals surface area contributed by atoms with Crippen LogP contribution in [0.4, 0.5) is 0 Å². The quantitative estimate of drug-likeness (QED) is 0.726. The Morgan fingerprint density at radius 2 is 1.70 bits per heavy atom. The minimum absolute atomic E-state index is 0.140. The normalized spacial score (nSPS) is 14.6. The highest BCUT2D eigenvalue weighted by Gasteiger charge is 2.19. The number of hydrogen-bond acceptors (Lipinski definition) is 2. The van der Waals surface area contributed by atoms with Crippen molar-refractivity contribution in [3.8, 4) is 5.69 Å². The first-order chi connectivity index (χ1) is 11.2. The van der Waals surface area contributed by atoms with E-state index in [4.69, 9.17) is 0 Å². The molecule has 1 fully saturated rings. The Morgan fingerprint density at radius 1 is 1.00 bits per heavy atom. The van der Waals surface area contributed by atoms with Crippen LogP contribution in [0.5, 0.6) is 0 Å². The minimum Gasteiger partial charge on any atom is -0.339 e. The molecule has 0 bridgehead atoms. The monoisotopic (exact) mass is 305 g/mol. The highest BCUT2D eigenvalue weighted by atomic mass is 16.2. The Kier molecular flexibility index (Phi) is 3.37. The van der Waals surface area contributed by atoms with E-state index in [0.29, 0.717) is 0 Å². The maximum Gasteiger partial charge on any atom is 0.253 e. The van der Waals surface area contributed by atoms with Crippen LogP contribution in [0.25, 0.3) is 16.7 Å². The van der Waals surface area contributed by atoms with Gasteiger partial charge in [-0.15, -0.1) is 0 Å². The van der Waals surface area contributed by atoms with Crippen LogP contribution in [0.15, 0.2) is 48.5 Å². The van der Waals surface area contributed by atoms with Crippen LogP contribution in [0.2, 0.25) is 0 Å². The predicted octanol–water partition coefficient (Wildman–Crippen LogP) is 3.57. The number of hydrogen-bond donors (Lipinski definition) is 0. The number of para-hydroxylation sites is 2. The van der Waals surface area contributed by atoms with E-state index in [0.717, 1.165) is 54.0 Å². The van der Waals surface area contributed by atoms with Crippen molar-refractivity contribution in [2.75, 3.05) is 13.1 Å². The Morgan fingerprint density at radius 3 is 2.43 bits per heavy atom. The molecular weight excluding hydrogens is 286 g/mol. The third-order valence-electron chi connectivity index (χ3n) is 4.49. The molecule has 23 heavy (non-hydrogen) atoms. The van der Waals surface area contributed by atoms with Crippen molar-refractivity contribution in [1.82, 2.24) is 14.5 Å². The number of benzene rings is 2. The van der Waals surface area contributed by atoms with Gasteiger partial charge in [0.25, 0.3) is 5.91 Å². The molecule has 0 aliphatic carbocycles. The van der Waals surface area contributed by atoms with E-state index in [1.165, 1.54) is 0 Å². The molecule has 4 heteroatoms. The van der Waals surface area contributed by atoms with Crippen LogP contribution in [0.1, 0.15) is 29.0 Å². The van der Waals surface area contributed by atoms with E-state index in [2.05, 4.69) is 15.6 Å². The molecule has 1 saturated heterocycles. The minimum atomic E-state index is 0.140. The smallest absolute Gasteiger partial charge is 0.253 e. The van der Waals surface area contributed by atoms with Gasteiger partial charge in [-0.2, -0.15) is 0 Å². The third kappa shape index (κ3) is 2.40. The molecule has 0 atom stereocenters. The summed E-state index contributed by atoms with van der Waals surface area (Å²) in [5, 5.41) is 0. The molecule has 4 nitrogen and oxygen atoms in total. The van der Waals surface area contributed by atoms with E-state index < -0.39 is 0 Å². The molecule has 0 radical (unpaired) electrons. The van der Waals surface area contributed by atoms with Gasteiger partial charge in [-0.25, -0.2) is 4.98 Å². The first-order valence-corrected chi connectivity index (χ1v) is 8.08. The fourth-order valence-corrected chi connectivity index (χ4v) is 3.33. The number of amides is 1. The first-order valence-electron chi connectivity index (χ1n) is 8.08. The summed E-state index contributed by atoms with van der Waals surface area (Å²) in [7, 11) is 0. The highest BCUT2D eigenvalue weighted by Crippen LogP contribution is 2.22. The third-order valence-corrected chi connectivity index (χ3v) is 4.49. The second kappa shape index (κ2) is 5.54. The van der Waals surface area contributed by atoms with E-state index in [1.54, 1.807) is 0 Å². The van der Waals surface area contributed by atoms with Gasteiger partial charge in [0, 0.05) is 24.3 Å². The second-order valence-electron chi connectivity index (χ2n) is 6.03. The van der Waals surface area contributed by atoms with Gasteiger partial charge < -0.3 is 4.90 Å². The number of carbonyl (C=O) groups excluding carboxylic acids is 1. The summed E-state index contributed by atoms with van der Waals surface area (Å²) in [6.45, 7) is 3.76. The summed E-state index contributed by atoms with van der Waals surface area (Å²) < 4.78 is 2.12. The molecule has 116 valence electrons. The number of carbonyl (C=O) groups is 1. The molecule has 1 amide bonds. The number of fused-ring (bicyclic) bond motifs is 1. The van der Waals surface area contributed by atoms with Crippen molar-refractivity contribution < 1.29 is 4.79 Å². The highest BCUT2D eigenvalue weighted by molar-refractivity contribution is 5.94. The van der Waals surface area contributed by atoms with Crippen LogP contribution in [0, 0.1) is 6.92 Å². The lowest BCUT2D eigenvalue weighted by molar-refractivity contribution is 0.0793. The summed E-state index contributed by atoms with van der Waals surface area (Å²) in [4.78, 5) is 19.0. The Hall–Kier alpha value is -2.62. The van der Waals surface area contributed by atoms with Gasteiger partial charge in [0.2, 0.25) is 0 Å². The van der Waals surface area contributed by atoms with Crippen molar-refractivity contribution in [2.24, 2.45) is 0 Å². The summed E-state index contributed by atoms with van der Waals surface area (Å²) in [6, 6.07) is 16.0. The summed E-state index contributed by atoms with van der Waals surface area (Å²) in [5.41, 5.74) is 3.87. The van der Waals surface area contributed by atoms with E-state index >= 15 is 0 Å². The molecule has 0 spiro atoms. The molecular formula is C19H19N3O. The number of aryl methyl sites for hydroxylation is 1. The maximum atomic E-state index is 12.4. The summed E-state index contributed by atoms with van der Waals surface area (Å²) in [6.07, 6.45) is 2.23. The van der Waals surface area contributed by atoms with Crippen molar-refractivity contribution >= 4 is 16.9 Å². The van der Waals surface area contributed by atoms with Crippen LogP contribution in [-0.2, 0) is 0 Å². The molecule has 1 aliphatic rings. The number of rotatable bonds is 2. The number of imidazole rings is 1. The lowest BCUT2D eigenvalue weighted by Crippen LogP contribution is -2.27. The van der Waals surface area contributed by atoms with Crippen molar-refractivity contribution in [3.63, 3.8) is 0 Å². The van der Waals surface area contributed by atoms with Crippen molar-refractivity contribution in [3.05, 3.63) is 59.9 Å². The fourth-order valence-electron chi connectivity index (χ4n) is 3.33. The van der Waals surface area contributed by atoms with Crippen LogP contribution < -0.4 is 0 Å². The number of nitrogens with zero attached hydrogens (tertiary/aromatic N) is 3. The van der Waals surface area contributed by atoms with Gasteiger partial charge in [0.15, 0.2) is 0 Å². The lowest BCUT2D eigenvalue weighted by atomic mass is 10.1. The number of aromatic nitrogens is 2. The van der Waals surface area contributed by atoms with Crippen LogP contribution in [-0.4, -0.2) is 33.4 Å². The molecule has 0 saturated carbocycles. The SMILES string of the molecule is Cc1nc2ccccc2n1-c1ccc(C(=O)N2CCCC2)cc1. The Balaban J connectivity index is 1.70. The van der Waals surface area contributed by atoms with Gasteiger partial charge in [0.1, 0.15) is 5.82 Å². The van der Waals surface area contributed by atoms with Gasteiger partial charge in [0.05, 0.1) is 11.0 Å². The largest absolute Gasteiger partial charge is 0.339 e. The Labute approximate surface area is 135 Å².